The van der Waals surface area contributed by atoms with Crippen LogP contribution in [0.25, 0.3) is 0 Å². The molecule has 126 valence electrons. The zero-order valence-corrected chi connectivity index (χ0v) is 15.5. The topological polar surface area (TPSA) is 64.3 Å². The number of hydrogen-bond acceptors (Lipinski definition) is 4. The number of aryl methyl sites for hydroxylation is 1. The number of hydrogen-bond donors (Lipinski definition) is 2. The number of nitrogens with two attached hydrogens (primary N) is 1. The Kier molecular flexibility index (Phi) is 7.99. The molecule has 4 nitrogen and oxygen atoms in total. The van der Waals surface area contributed by atoms with Crippen LogP contribution in [0.3, 0.4) is 0 Å². The third kappa shape index (κ3) is 5.77. The quantitative estimate of drug-likeness (QED) is 0.674. The van der Waals surface area contributed by atoms with Crippen LogP contribution in [0.2, 0.25) is 8.67 Å². The molecule has 1 heterocycles. The summed E-state index contributed by atoms with van der Waals surface area (Å²) in [6.45, 7) is 0. The van der Waals surface area contributed by atoms with E-state index < -0.39 is 0 Å². The molecule has 0 aliphatic heterocycles. The maximum Gasteiger partial charge on any atom is 0.224 e. The molecule has 0 fully saturated rings. The summed E-state index contributed by atoms with van der Waals surface area (Å²) < 4.78 is 6.43. The molecule has 3 N–H and O–H groups in total. The average molecular weight is 396 g/mol. The maximum absolute atomic E-state index is 11.9. The zero-order chi connectivity index (χ0) is 16.1. The van der Waals surface area contributed by atoms with Crippen LogP contribution < -0.4 is 15.8 Å². The van der Waals surface area contributed by atoms with E-state index in [4.69, 9.17) is 33.7 Å². The van der Waals surface area contributed by atoms with Crippen molar-refractivity contribution in [2.75, 3.05) is 18.2 Å². The van der Waals surface area contributed by atoms with E-state index in [2.05, 4.69) is 5.32 Å². The minimum absolute atomic E-state index is 0. The summed E-state index contributed by atoms with van der Waals surface area (Å²) in [4.78, 5) is 11.9. The molecular formula is C15H17Cl3N2O2S. The van der Waals surface area contributed by atoms with Crippen LogP contribution in [-0.4, -0.2) is 13.0 Å². The molecule has 1 aromatic carbocycles. The number of nitrogens with one attached hydrogen (secondary N) is 1. The number of nitrogen functional groups attached to an aromatic ring is 1. The van der Waals surface area contributed by atoms with Crippen LogP contribution in [0.1, 0.15) is 18.4 Å². The smallest absolute Gasteiger partial charge is 0.224 e. The van der Waals surface area contributed by atoms with E-state index in [1.54, 1.807) is 25.3 Å². The Morgan fingerprint density at radius 1 is 1.35 bits per heavy atom. The van der Waals surface area contributed by atoms with E-state index >= 15 is 0 Å². The van der Waals surface area contributed by atoms with E-state index in [9.17, 15) is 4.79 Å². The standard InChI is InChI=1S/C15H16Cl2N2O2S.ClH/c1-21-12-6-5-10(8-11(12)18)19-14(20)4-2-3-9-7-13(16)22-15(9)17;/h5-8H,2-4,18H2,1H3,(H,19,20);1H. The predicted molar refractivity (Wildman–Crippen MR) is 101 cm³/mol. The van der Waals surface area contributed by atoms with Crippen LogP contribution in [0.5, 0.6) is 5.75 Å². The van der Waals surface area contributed by atoms with Crippen LogP contribution >= 0.6 is 46.9 Å². The molecule has 8 heteroatoms. The van der Waals surface area contributed by atoms with Gasteiger partial charge in [0.2, 0.25) is 5.91 Å². The van der Waals surface area contributed by atoms with E-state index in [1.807, 2.05) is 6.07 Å². The van der Waals surface area contributed by atoms with Crippen LogP contribution in [0.15, 0.2) is 24.3 Å². The van der Waals surface area contributed by atoms with Crippen molar-refractivity contribution in [3.05, 3.63) is 38.5 Å². The molecule has 0 aliphatic carbocycles. The number of anilines is 2. The highest BCUT2D eigenvalue weighted by Crippen LogP contribution is 2.32. The average Bonchev–Trinajstić information content (AvgIpc) is 2.77. The van der Waals surface area contributed by atoms with E-state index in [-0.39, 0.29) is 18.3 Å². The fourth-order valence-electron chi connectivity index (χ4n) is 2.02. The number of methoxy groups -OCH3 is 1. The second kappa shape index (κ2) is 9.23. The molecule has 0 spiro atoms. The second-order valence-electron chi connectivity index (χ2n) is 4.71. The molecular weight excluding hydrogens is 379 g/mol. The Morgan fingerprint density at radius 3 is 2.65 bits per heavy atom. The number of carbonyl (C=O) groups excluding carboxylic acids is 1. The number of carbonyl (C=O) groups is 1. The molecule has 1 aromatic heterocycles. The van der Waals surface area contributed by atoms with E-state index in [0.29, 0.717) is 38.6 Å². The number of benzene rings is 1. The van der Waals surface area contributed by atoms with Crippen molar-refractivity contribution >= 4 is 64.2 Å². The molecule has 0 aliphatic rings. The zero-order valence-electron chi connectivity index (χ0n) is 12.4. The third-order valence-corrected chi connectivity index (χ3v) is 4.66. The molecule has 2 aromatic rings. The fraction of sp³-hybridized carbons (Fsp3) is 0.267. The number of rotatable bonds is 6. The van der Waals surface area contributed by atoms with Gasteiger partial charge in [-0.3, -0.25) is 4.79 Å². The molecule has 0 saturated heterocycles. The number of amides is 1. The van der Waals surface area contributed by atoms with Crippen molar-refractivity contribution < 1.29 is 9.53 Å². The molecule has 23 heavy (non-hydrogen) atoms. The van der Waals surface area contributed by atoms with Crippen LogP contribution in [-0.2, 0) is 11.2 Å². The number of ether oxygens (including phenoxy) is 1. The minimum atomic E-state index is -0.0676. The summed E-state index contributed by atoms with van der Waals surface area (Å²) >= 11 is 13.3. The molecule has 0 atom stereocenters. The lowest BCUT2D eigenvalue weighted by molar-refractivity contribution is -0.116. The first kappa shape index (κ1) is 19.9. The van der Waals surface area contributed by atoms with Gasteiger partial charge in [0.1, 0.15) is 5.75 Å². The van der Waals surface area contributed by atoms with Gasteiger partial charge in [-0.05, 0) is 42.7 Å². The van der Waals surface area contributed by atoms with Crippen molar-refractivity contribution in [1.82, 2.24) is 0 Å². The first-order valence-corrected chi connectivity index (χ1v) is 8.24. The summed E-state index contributed by atoms with van der Waals surface area (Å²) in [7, 11) is 1.55. The van der Waals surface area contributed by atoms with Gasteiger partial charge < -0.3 is 15.8 Å². The molecule has 0 bridgehead atoms. The van der Waals surface area contributed by atoms with Gasteiger partial charge in [-0.1, -0.05) is 23.2 Å². The van der Waals surface area contributed by atoms with E-state index in [0.717, 1.165) is 12.0 Å². The van der Waals surface area contributed by atoms with Crippen molar-refractivity contribution in [2.24, 2.45) is 0 Å². The van der Waals surface area contributed by atoms with Crippen molar-refractivity contribution in [3.8, 4) is 5.75 Å². The van der Waals surface area contributed by atoms with Gasteiger partial charge in [-0.15, -0.1) is 23.7 Å². The van der Waals surface area contributed by atoms with Gasteiger partial charge in [0, 0.05) is 12.1 Å². The normalized spacial score (nSPS) is 10.0. The highest BCUT2D eigenvalue weighted by molar-refractivity contribution is 7.20. The van der Waals surface area contributed by atoms with Crippen LogP contribution in [0, 0.1) is 0 Å². The molecule has 2 rings (SSSR count). The summed E-state index contributed by atoms with van der Waals surface area (Å²) in [5.41, 5.74) is 7.92. The first-order chi connectivity index (χ1) is 10.5. The summed E-state index contributed by atoms with van der Waals surface area (Å²) in [5, 5.41) is 2.81. The molecule has 0 saturated carbocycles. The summed E-state index contributed by atoms with van der Waals surface area (Å²) in [6, 6.07) is 6.99. The largest absolute Gasteiger partial charge is 0.495 e. The maximum atomic E-state index is 11.9. The molecule has 0 unspecified atom stereocenters. The highest BCUT2D eigenvalue weighted by atomic mass is 35.5. The van der Waals surface area contributed by atoms with Crippen molar-refractivity contribution in [1.29, 1.82) is 0 Å². The highest BCUT2D eigenvalue weighted by Gasteiger charge is 2.08. The first-order valence-electron chi connectivity index (χ1n) is 6.66. The Bertz CT molecular complexity index is 677. The monoisotopic (exact) mass is 394 g/mol. The SMILES string of the molecule is COc1ccc(NC(=O)CCCc2cc(Cl)sc2Cl)cc1N.Cl. The Balaban J connectivity index is 0.00000264. The fourth-order valence-corrected chi connectivity index (χ4v) is 3.56. The van der Waals surface area contributed by atoms with Gasteiger partial charge in [0.05, 0.1) is 21.5 Å². The minimum Gasteiger partial charge on any atom is -0.495 e. The Labute approximate surface area is 155 Å². The summed E-state index contributed by atoms with van der Waals surface area (Å²) in [5.74, 6) is 0.518. The van der Waals surface area contributed by atoms with Gasteiger partial charge in [0.15, 0.2) is 0 Å². The lowest BCUT2D eigenvalue weighted by Crippen LogP contribution is -2.11. The second-order valence-corrected chi connectivity index (χ2v) is 6.99. The van der Waals surface area contributed by atoms with E-state index in [1.165, 1.54) is 11.3 Å². The molecule has 0 radical (unpaired) electrons. The lowest BCUT2D eigenvalue weighted by atomic mass is 10.1. The predicted octanol–water partition coefficient (Wildman–Crippen LogP) is 5.03. The molecule has 1 amide bonds. The lowest BCUT2D eigenvalue weighted by Gasteiger charge is -2.08. The summed E-state index contributed by atoms with van der Waals surface area (Å²) in [6.07, 6.45) is 1.82. The number of halogens is 3. The van der Waals surface area contributed by atoms with Crippen molar-refractivity contribution in [2.45, 2.75) is 19.3 Å². The van der Waals surface area contributed by atoms with Gasteiger partial charge in [-0.2, -0.15) is 0 Å². The van der Waals surface area contributed by atoms with Gasteiger partial charge in [0.25, 0.3) is 0 Å². The Hall–Kier alpha value is -1.14. The number of thiophene rings is 1. The van der Waals surface area contributed by atoms with Gasteiger partial charge in [-0.25, -0.2) is 0 Å². The Morgan fingerprint density at radius 2 is 2.09 bits per heavy atom. The van der Waals surface area contributed by atoms with Crippen LogP contribution in [0.4, 0.5) is 11.4 Å². The van der Waals surface area contributed by atoms with Crippen molar-refractivity contribution in [3.63, 3.8) is 0 Å². The third-order valence-electron chi connectivity index (χ3n) is 3.09. The van der Waals surface area contributed by atoms with Gasteiger partial charge >= 0.3 is 0 Å².